The number of rotatable bonds is 11. The fraction of sp³-hybridized carbons (Fsp3) is 1.00. The molecule has 0 radical (unpaired) electrons. The highest BCUT2D eigenvalue weighted by Gasteiger charge is 2.81. The van der Waals surface area contributed by atoms with Crippen molar-refractivity contribution in [3.63, 3.8) is 0 Å². The Labute approximate surface area is 152 Å². The zero-order chi connectivity index (χ0) is 21.0. The lowest BCUT2D eigenvalue weighted by molar-refractivity contribution is -0.396. The third-order valence-electron chi connectivity index (χ3n) is 3.25. The van der Waals surface area contributed by atoms with E-state index < -0.39 is 74.0 Å². The molecule has 0 amide bonds. The standard InChI is InChI=1S/C12H16Cl2F9NO2/c13-3-7(25)5-24(6-8(26)4-14)2-1-9(15,16)10(17,18)11(19,20)12(21,22)23/h7-8,25-26H,1-6H2. The zero-order valence-corrected chi connectivity index (χ0v) is 14.4. The first-order valence-electron chi connectivity index (χ1n) is 6.94. The Hall–Kier alpha value is -0.170. The number of aliphatic hydroxyl groups excluding tert-OH is 2. The van der Waals surface area contributed by atoms with Crippen LogP contribution in [0.1, 0.15) is 6.42 Å². The lowest BCUT2D eigenvalue weighted by Gasteiger charge is -2.35. The molecule has 2 unspecified atom stereocenters. The molecule has 2 atom stereocenters. The molecule has 0 saturated heterocycles. The van der Waals surface area contributed by atoms with Crippen LogP contribution in [0.15, 0.2) is 0 Å². The molecule has 0 heterocycles. The van der Waals surface area contributed by atoms with E-state index in [2.05, 4.69) is 0 Å². The highest BCUT2D eigenvalue weighted by Crippen LogP contribution is 2.53. The second kappa shape index (κ2) is 9.35. The maximum absolute atomic E-state index is 13.5. The highest BCUT2D eigenvalue weighted by molar-refractivity contribution is 6.18. The minimum absolute atomic E-state index is 0.411. The second-order valence-electron chi connectivity index (χ2n) is 5.48. The molecule has 26 heavy (non-hydrogen) atoms. The molecule has 0 spiro atoms. The van der Waals surface area contributed by atoms with Gasteiger partial charge in [0.1, 0.15) is 0 Å². The first-order chi connectivity index (χ1) is 11.5. The van der Waals surface area contributed by atoms with E-state index in [1.165, 1.54) is 0 Å². The van der Waals surface area contributed by atoms with Gasteiger partial charge >= 0.3 is 23.9 Å². The van der Waals surface area contributed by atoms with Crippen molar-refractivity contribution in [3.05, 3.63) is 0 Å². The molecule has 0 fully saturated rings. The van der Waals surface area contributed by atoms with E-state index in [9.17, 15) is 49.7 Å². The highest BCUT2D eigenvalue weighted by atomic mass is 35.5. The normalized spacial score (nSPS) is 16.8. The van der Waals surface area contributed by atoms with Gasteiger partial charge in [-0.1, -0.05) is 0 Å². The van der Waals surface area contributed by atoms with Gasteiger partial charge < -0.3 is 10.2 Å². The molecule has 0 aliphatic rings. The van der Waals surface area contributed by atoms with Crippen molar-refractivity contribution in [2.75, 3.05) is 31.4 Å². The van der Waals surface area contributed by atoms with Crippen LogP contribution in [0.5, 0.6) is 0 Å². The van der Waals surface area contributed by atoms with E-state index in [1.807, 2.05) is 0 Å². The Balaban J connectivity index is 5.29. The van der Waals surface area contributed by atoms with Crippen LogP contribution in [0.25, 0.3) is 0 Å². The van der Waals surface area contributed by atoms with Crippen LogP contribution in [0.4, 0.5) is 39.5 Å². The SMILES string of the molecule is OC(CCl)CN(CCC(F)(F)C(F)(F)C(F)(F)C(F)(F)F)CC(O)CCl. The molecular weight excluding hydrogens is 432 g/mol. The predicted octanol–water partition coefficient (Wildman–Crippen LogP) is 3.35. The summed E-state index contributed by atoms with van der Waals surface area (Å²) >= 11 is 10.6. The van der Waals surface area contributed by atoms with Crippen molar-refractivity contribution in [2.45, 2.75) is 42.6 Å². The van der Waals surface area contributed by atoms with Crippen LogP contribution in [-0.2, 0) is 0 Å². The predicted molar refractivity (Wildman–Crippen MR) is 75.4 cm³/mol. The largest absolute Gasteiger partial charge is 0.460 e. The van der Waals surface area contributed by atoms with E-state index in [1.54, 1.807) is 0 Å². The number of hydrogen-bond acceptors (Lipinski definition) is 3. The third-order valence-corrected chi connectivity index (χ3v) is 3.96. The Morgan fingerprint density at radius 1 is 0.731 bits per heavy atom. The maximum Gasteiger partial charge on any atom is 0.460 e. The minimum atomic E-state index is -6.96. The Kier molecular flexibility index (Phi) is 9.29. The van der Waals surface area contributed by atoms with Crippen LogP contribution >= 0.6 is 23.2 Å². The third kappa shape index (κ3) is 6.18. The van der Waals surface area contributed by atoms with Gasteiger partial charge in [0.15, 0.2) is 0 Å². The average Bonchev–Trinajstić information content (AvgIpc) is 2.50. The molecule has 158 valence electrons. The summed E-state index contributed by atoms with van der Waals surface area (Å²) in [7, 11) is 0. The number of alkyl halides is 11. The molecule has 0 aliphatic heterocycles. The molecule has 2 N–H and O–H groups in total. The Morgan fingerprint density at radius 3 is 1.42 bits per heavy atom. The quantitative estimate of drug-likeness (QED) is 0.377. The fourth-order valence-electron chi connectivity index (χ4n) is 1.81. The van der Waals surface area contributed by atoms with Gasteiger partial charge in [-0.05, 0) is 0 Å². The smallest absolute Gasteiger partial charge is 0.391 e. The van der Waals surface area contributed by atoms with Crippen LogP contribution in [0, 0.1) is 0 Å². The van der Waals surface area contributed by atoms with Crippen molar-refractivity contribution >= 4 is 23.2 Å². The molecule has 0 bridgehead atoms. The summed E-state index contributed by atoms with van der Waals surface area (Å²) in [5.41, 5.74) is 0. The molecule has 0 aromatic rings. The first kappa shape index (κ1) is 25.8. The Bertz CT molecular complexity index is 425. The summed E-state index contributed by atoms with van der Waals surface area (Å²) < 4.78 is 115. The fourth-order valence-corrected chi connectivity index (χ4v) is 2.01. The van der Waals surface area contributed by atoms with Crippen molar-refractivity contribution < 1.29 is 49.7 Å². The van der Waals surface area contributed by atoms with Gasteiger partial charge in [0.25, 0.3) is 0 Å². The average molecular weight is 448 g/mol. The van der Waals surface area contributed by atoms with Crippen LogP contribution in [0.3, 0.4) is 0 Å². The van der Waals surface area contributed by atoms with Crippen molar-refractivity contribution in [1.29, 1.82) is 0 Å². The summed E-state index contributed by atoms with van der Waals surface area (Å²) in [6.45, 7) is -2.21. The van der Waals surface area contributed by atoms with E-state index in [0.717, 1.165) is 4.90 Å². The molecule has 0 aromatic carbocycles. The van der Waals surface area contributed by atoms with Gasteiger partial charge in [-0.2, -0.15) is 39.5 Å². The van der Waals surface area contributed by atoms with E-state index >= 15 is 0 Å². The van der Waals surface area contributed by atoms with Crippen molar-refractivity contribution in [3.8, 4) is 0 Å². The first-order valence-corrected chi connectivity index (χ1v) is 8.01. The van der Waals surface area contributed by atoms with Crippen LogP contribution < -0.4 is 0 Å². The van der Waals surface area contributed by atoms with E-state index in [-0.39, 0.29) is 0 Å². The molecule has 0 rings (SSSR count). The van der Waals surface area contributed by atoms with Crippen molar-refractivity contribution in [2.24, 2.45) is 0 Å². The number of nitrogens with zero attached hydrogens (tertiary/aromatic N) is 1. The van der Waals surface area contributed by atoms with Gasteiger partial charge in [-0.15, -0.1) is 23.2 Å². The molecular formula is C12H16Cl2F9NO2. The number of aliphatic hydroxyl groups is 2. The summed E-state index contributed by atoms with van der Waals surface area (Å²) in [6.07, 6.45) is -11.7. The molecule has 0 saturated carbocycles. The summed E-state index contributed by atoms with van der Waals surface area (Å²) in [6, 6.07) is 0. The second-order valence-corrected chi connectivity index (χ2v) is 6.09. The van der Waals surface area contributed by atoms with Crippen LogP contribution in [-0.4, -0.2) is 82.7 Å². The molecule has 0 aromatic heterocycles. The maximum atomic E-state index is 13.5. The number of halogens is 11. The van der Waals surface area contributed by atoms with Crippen molar-refractivity contribution in [1.82, 2.24) is 4.90 Å². The topological polar surface area (TPSA) is 43.7 Å². The lowest BCUT2D eigenvalue weighted by Crippen LogP contribution is -2.61. The lowest BCUT2D eigenvalue weighted by atomic mass is 10.0. The zero-order valence-electron chi connectivity index (χ0n) is 12.9. The van der Waals surface area contributed by atoms with Crippen LogP contribution in [0.2, 0.25) is 0 Å². The minimum Gasteiger partial charge on any atom is -0.391 e. The number of hydrogen-bond donors (Lipinski definition) is 2. The van der Waals surface area contributed by atoms with E-state index in [0.29, 0.717) is 0 Å². The van der Waals surface area contributed by atoms with Gasteiger partial charge in [0, 0.05) is 37.8 Å². The van der Waals surface area contributed by atoms with Gasteiger partial charge in [0.2, 0.25) is 0 Å². The van der Waals surface area contributed by atoms with Gasteiger partial charge in [-0.25, -0.2) is 0 Å². The summed E-state index contributed by atoms with van der Waals surface area (Å²) in [4.78, 5) is 0.746. The molecule has 3 nitrogen and oxygen atoms in total. The molecule has 14 heteroatoms. The Morgan fingerprint density at radius 2 is 1.12 bits per heavy atom. The van der Waals surface area contributed by atoms with Gasteiger partial charge in [-0.3, -0.25) is 4.90 Å². The summed E-state index contributed by atoms with van der Waals surface area (Å²) in [5.74, 6) is -20.2. The van der Waals surface area contributed by atoms with E-state index in [4.69, 9.17) is 23.2 Å². The molecule has 0 aliphatic carbocycles. The van der Waals surface area contributed by atoms with Gasteiger partial charge in [0.05, 0.1) is 12.2 Å². The monoisotopic (exact) mass is 447 g/mol. The summed E-state index contributed by atoms with van der Waals surface area (Å²) in [5, 5.41) is 18.7.